The van der Waals surface area contributed by atoms with Crippen LogP contribution >= 0.6 is 0 Å². The summed E-state index contributed by atoms with van der Waals surface area (Å²) in [5, 5.41) is 0. The van der Waals surface area contributed by atoms with Crippen molar-refractivity contribution in [3.05, 3.63) is 11.1 Å². The van der Waals surface area contributed by atoms with Gasteiger partial charge in [0.2, 0.25) is 0 Å². The summed E-state index contributed by atoms with van der Waals surface area (Å²) < 4.78 is 11.1. The molecule has 0 N–H and O–H groups in total. The number of hydrogen-bond acceptors (Lipinski definition) is 4. The molecule has 0 atom stereocenters. The molecule has 4 heteroatoms. The van der Waals surface area contributed by atoms with Crippen molar-refractivity contribution in [2.75, 3.05) is 13.2 Å². The van der Waals surface area contributed by atoms with Crippen molar-refractivity contribution >= 4 is 11.9 Å². The predicted molar refractivity (Wildman–Crippen MR) is 109 cm³/mol. The van der Waals surface area contributed by atoms with Crippen LogP contribution in [0.1, 0.15) is 87.0 Å². The molecule has 0 aromatic heterocycles. The lowest BCUT2D eigenvalue weighted by atomic mass is 9.78. The standard InChI is InChI=1S/C23H40O4/c1-16(2)14-26-21(24)19(13-23(5,6)7)20(18-11-9-8-10-12-18)22(25)27-15-17(3)4/h16-18H,8-15H2,1-7H3. The highest BCUT2D eigenvalue weighted by Crippen LogP contribution is 2.36. The fourth-order valence-corrected chi connectivity index (χ4v) is 3.38. The topological polar surface area (TPSA) is 52.6 Å². The molecule has 0 aromatic rings. The summed E-state index contributed by atoms with van der Waals surface area (Å²) in [6.45, 7) is 15.1. The predicted octanol–water partition coefficient (Wildman–Crippen LogP) is 5.70. The van der Waals surface area contributed by atoms with Crippen LogP contribution in [0, 0.1) is 23.2 Å². The summed E-state index contributed by atoms with van der Waals surface area (Å²) in [5.74, 6) is -0.0456. The summed E-state index contributed by atoms with van der Waals surface area (Å²) in [6, 6.07) is 0. The number of carbonyl (C=O) groups is 2. The van der Waals surface area contributed by atoms with Gasteiger partial charge in [-0.15, -0.1) is 0 Å². The van der Waals surface area contributed by atoms with Gasteiger partial charge in [-0.1, -0.05) is 67.7 Å². The molecule has 0 aliphatic heterocycles. The van der Waals surface area contributed by atoms with Gasteiger partial charge < -0.3 is 9.47 Å². The average molecular weight is 381 g/mol. The largest absolute Gasteiger partial charge is 0.462 e. The molecule has 0 bridgehead atoms. The molecule has 1 fully saturated rings. The van der Waals surface area contributed by atoms with E-state index in [0.717, 1.165) is 25.7 Å². The number of ether oxygens (including phenoxy) is 2. The third-order valence-electron chi connectivity index (χ3n) is 4.61. The number of carbonyl (C=O) groups excluding carboxylic acids is 2. The normalized spacial score (nSPS) is 17.1. The van der Waals surface area contributed by atoms with E-state index in [1.807, 2.05) is 27.7 Å². The maximum atomic E-state index is 13.0. The van der Waals surface area contributed by atoms with Crippen LogP contribution in [0.5, 0.6) is 0 Å². The zero-order valence-corrected chi connectivity index (χ0v) is 18.5. The van der Waals surface area contributed by atoms with Crippen LogP contribution in [0.25, 0.3) is 0 Å². The monoisotopic (exact) mass is 380 g/mol. The molecule has 1 aliphatic carbocycles. The first-order chi connectivity index (χ1) is 12.5. The summed E-state index contributed by atoms with van der Waals surface area (Å²) in [7, 11) is 0. The zero-order chi connectivity index (χ0) is 20.6. The summed E-state index contributed by atoms with van der Waals surface area (Å²) in [4.78, 5) is 26.0. The molecule has 0 amide bonds. The quantitative estimate of drug-likeness (QED) is 0.400. The summed E-state index contributed by atoms with van der Waals surface area (Å²) in [5.41, 5.74) is 0.993. The SMILES string of the molecule is CC(C)COC(=O)C(CC(C)(C)C)=C(C(=O)OCC(C)C)C1CCCCC1. The molecule has 1 aliphatic rings. The fourth-order valence-electron chi connectivity index (χ4n) is 3.38. The van der Waals surface area contributed by atoms with Crippen LogP contribution in [0.3, 0.4) is 0 Å². The maximum Gasteiger partial charge on any atom is 0.334 e. The smallest absolute Gasteiger partial charge is 0.334 e. The molecule has 4 nitrogen and oxygen atoms in total. The Morgan fingerprint density at radius 2 is 1.33 bits per heavy atom. The van der Waals surface area contributed by atoms with Gasteiger partial charge in [-0.05, 0) is 42.4 Å². The lowest BCUT2D eigenvalue weighted by Crippen LogP contribution is -2.27. The molecule has 27 heavy (non-hydrogen) atoms. The van der Waals surface area contributed by atoms with Gasteiger partial charge in [-0.25, -0.2) is 9.59 Å². The van der Waals surface area contributed by atoms with Crippen LogP contribution in [0.4, 0.5) is 0 Å². The van der Waals surface area contributed by atoms with E-state index in [1.54, 1.807) is 0 Å². The minimum absolute atomic E-state index is 0.0994. The van der Waals surface area contributed by atoms with Gasteiger partial charge in [0.25, 0.3) is 0 Å². The van der Waals surface area contributed by atoms with E-state index in [4.69, 9.17) is 9.47 Å². The van der Waals surface area contributed by atoms with Gasteiger partial charge in [-0.3, -0.25) is 0 Å². The van der Waals surface area contributed by atoms with Gasteiger partial charge >= 0.3 is 11.9 Å². The molecule has 1 rings (SSSR count). The Morgan fingerprint density at radius 1 is 0.852 bits per heavy atom. The molecule has 1 saturated carbocycles. The Bertz CT molecular complexity index is 517. The third-order valence-corrected chi connectivity index (χ3v) is 4.61. The lowest BCUT2D eigenvalue weighted by molar-refractivity contribution is -0.144. The zero-order valence-electron chi connectivity index (χ0n) is 18.5. The Kier molecular flexibility index (Phi) is 9.55. The molecule has 156 valence electrons. The first-order valence-electron chi connectivity index (χ1n) is 10.6. The van der Waals surface area contributed by atoms with E-state index >= 15 is 0 Å². The molecule has 0 unspecified atom stereocenters. The minimum atomic E-state index is -0.347. The van der Waals surface area contributed by atoms with Crippen molar-refractivity contribution < 1.29 is 19.1 Å². The number of esters is 2. The highest BCUT2D eigenvalue weighted by atomic mass is 16.5. The molecule has 0 radical (unpaired) electrons. The Morgan fingerprint density at radius 3 is 1.78 bits per heavy atom. The number of hydrogen-bond donors (Lipinski definition) is 0. The van der Waals surface area contributed by atoms with Crippen LogP contribution in [-0.2, 0) is 19.1 Å². The Hall–Kier alpha value is -1.32. The van der Waals surface area contributed by atoms with E-state index in [0.29, 0.717) is 30.8 Å². The van der Waals surface area contributed by atoms with Gasteiger partial charge in [0, 0.05) is 5.57 Å². The summed E-state index contributed by atoms with van der Waals surface area (Å²) >= 11 is 0. The van der Waals surface area contributed by atoms with Gasteiger partial charge in [0.05, 0.1) is 18.8 Å². The fraction of sp³-hybridized carbons (Fsp3) is 0.826. The van der Waals surface area contributed by atoms with E-state index in [2.05, 4.69) is 20.8 Å². The molecular formula is C23H40O4. The van der Waals surface area contributed by atoms with Crippen molar-refractivity contribution in [3.8, 4) is 0 Å². The average Bonchev–Trinajstić information content (AvgIpc) is 2.57. The Labute approximate surface area is 166 Å². The molecular weight excluding hydrogens is 340 g/mol. The van der Waals surface area contributed by atoms with E-state index in [-0.39, 0.29) is 35.1 Å². The van der Waals surface area contributed by atoms with Crippen LogP contribution in [0.2, 0.25) is 0 Å². The van der Waals surface area contributed by atoms with Crippen LogP contribution in [0.15, 0.2) is 11.1 Å². The first-order valence-corrected chi connectivity index (χ1v) is 10.6. The van der Waals surface area contributed by atoms with Crippen molar-refractivity contribution in [1.82, 2.24) is 0 Å². The maximum absolute atomic E-state index is 13.0. The lowest BCUT2D eigenvalue weighted by Gasteiger charge is -2.28. The second-order valence-electron chi connectivity index (χ2n) is 9.95. The van der Waals surface area contributed by atoms with Crippen molar-refractivity contribution in [2.24, 2.45) is 23.2 Å². The van der Waals surface area contributed by atoms with E-state index < -0.39 is 0 Å². The van der Waals surface area contributed by atoms with E-state index in [9.17, 15) is 9.59 Å². The van der Waals surface area contributed by atoms with E-state index in [1.165, 1.54) is 6.42 Å². The highest BCUT2D eigenvalue weighted by molar-refractivity contribution is 6.00. The number of rotatable bonds is 8. The Balaban J connectivity index is 3.28. The van der Waals surface area contributed by atoms with Gasteiger partial charge in [0.1, 0.15) is 0 Å². The van der Waals surface area contributed by atoms with Crippen molar-refractivity contribution in [2.45, 2.75) is 87.0 Å². The summed E-state index contributed by atoms with van der Waals surface area (Å²) in [6.07, 6.45) is 5.78. The first kappa shape index (κ1) is 23.7. The van der Waals surface area contributed by atoms with Crippen molar-refractivity contribution in [1.29, 1.82) is 0 Å². The molecule has 0 saturated heterocycles. The minimum Gasteiger partial charge on any atom is -0.462 e. The molecule has 0 heterocycles. The van der Waals surface area contributed by atoms with Gasteiger partial charge in [0.15, 0.2) is 0 Å². The second-order valence-corrected chi connectivity index (χ2v) is 9.95. The van der Waals surface area contributed by atoms with Gasteiger partial charge in [-0.2, -0.15) is 0 Å². The third kappa shape index (κ3) is 8.94. The molecule has 0 aromatic carbocycles. The van der Waals surface area contributed by atoms with Crippen LogP contribution < -0.4 is 0 Å². The second kappa shape index (κ2) is 10.9. The molecule has 0 spiro atoms. The van der Waals surface area contributed by atoms with Crippen LogP contribution in [-0.4, -0.2) is 25.2 Å². The highest BCUT2D eigenvalue weighted by Gasteiger charge is 2.33. The van der Waals surface area contributed by atoms with Crippen molar-refractivity contribution in [3.63, 3.8) is 0 Å².